The van der Waals surface area contributed by atoms with Crippen LogP contribution in [0.4, 0.5) is 0 Å². The number of aryl methyl sites for hydroxylation is 1. The molecule has 0 bridgehead atoms. The molecule has 3 heterocycles. The van der Waals surface area contributed by atoms with Gasteiger partial charge in [-0.15, -0.1) is 10.2 Å². The van der Waals surface area contributed by atoms with Crippen LogP contribution in [0.5, 0.6) is 0 Å². The van der Waals surface area contributed by atoms with Crippen molar-refractivity contribution in [1.29, 1.82) is 0 Å². The van der Waals surface area contributed by atoms with E-state index in [9.17, 15) is 0 Å². The van der Waals surface area contributed by atoms with Crippen LogP contribution in [-0.2, 0) is 23.1 Å². The summed E-state index contributed by atoms with van der Waals surface area (Å²) in [6, 6.07) is 0.453. The molecule has 2 saturated heterocycles. The van der Waals surface area contributed by atoms with Gasteiger partial charge in [0.2, 0.25) is 0 Å². The summed E-state index contributed by atoms with van der Waals surface area (Å²) in [6.45, 7) is 5.06. The normalized spacial score (nSPS) is 33.1. The van der Waals surface area contributed by atoms with Crippen molar-refractivity contribution in [2.45, 2.75) is 76.7 Å². The van der Waals surface area contributed by atoms with E-state index >= 15 is 0 Å². The highest BCUT2D eigenvalue weighted by Gasteiger charge is 2.65. The van der Waals surface area contributed by atoms with Gasteiger partial charge >= 0.3 is 0 Å². The third kappa shape index (κ3) is 3.44. The molecule has 8 nitrogen and oxygen atoms in total. The molecule has 0 radical (unpaired) electrons. The summed E-state index contributed by atoms with van der Waals surface area (Å²) in [7, 11) is 1.99. The Labute approximate surface area is 172 Å². The molecular formula is C21H34N6O2. The molecule has 4 aliphatic rings. The Bertz CT molecular complexity index is 750. The number of guanidine groups is 1. The highest BCUT2D eigenvalue weighted by Crippen LogP contribution is 2.60. The number of hydrogen-bond acceptors (Lipinski definition) is 5. The Morgan fingerprint density at radius 1 is 1.17 bits per heavy atom. The zero-order valence-electron chi connectivity index (χ0n) is 17.7. The van der Waals surface area contributed by atoms with Crippen LogP contribution in [0.15, 0.2) is 4.99 Å². The van der Waals surface area contributed by atoms with Gasteiger partial charge in [0.05, 0.1) is 12.2 Å². The monoisotopic (exact) mass is 402 g/mol. The molecule has 4 atom stereocenters. The van der Waals surface area contributed by atoms with E-state index in [0.29, 0.717) is 30.0 Å². The smallest absolute Gasteiger partial charge is 0.192 e. The minimum absolute atomic E-state index is 0.281. The number of aromatic nitrogens is 3. The quantitative estimate of drug-likeness (QED) is 0.576. The van der Waals surface area contributed by atoms with Crippen molar-refractivity contribution in [3.8, 4) is 0 Å². The zero-order valence-corrected chi connectivity index (χ0v) is 17.7. The maximum atomic E-state index is 6.15. The van der Waals surface area contributed by atoms with Gasteiger partial charge in [0.25, 0.3) is 0 Å². The van der Waals surface area contributed by atoms with Gasteiger partial charge in [0.15, 0.2) is 11.8 Å². The Hall–Kier alpha value is -1.67. The first kappa shape index (κ1) is 19.3. The van der Waals surface area contributed by atoms with Gasteiger partial charge in [-0.25, -0.2) is 4.99 Å². The summed E-state index contributed by atoms with van der Waals surface area (Å²) < 4.78 is 14.0. The molecule has 0 aromatic carbocycles. The van der Waals surface area contributed by atoms with E-state index in [1.807, 2.05) is 18.5 Å². The lowest BCUT2D eigenvalue weighted by Gasteiger charge is -2.57. The van der Waals surface area contributed by atoms with Crippen LogP contribution in [-0.4, -0.2) is 58.7 Å². The first-order chi connectivity index (χ1) is 14.2. The van der Waals surface area contributed by atoms with Crippen molar-refractivity contribution in [1.82, 2.24) is 25.4 Å². The molecule has 0 amide bonds. The van der Waals surface area contributed by atoms with Gasteiger partial charge in [-0.2, -0.15) is 0 Å². The third-order valence-corrected chi connectivity index (χ3v) is 7.66. The van der Waals surface area contributed by atoms with Crippen molar-refractivity contribution in [2.75, 3.05) is 19.8 Å². The number of rotatable bonds is 5. The Morgan fingerprint density at radius 3 is 2.76 bits per heavy atom. The lowest BCUT2D eigenvalue weighted by Crippen LogP contribution is -2.69. The van der Waals surface area contributed by atoms with Gasteiger partial charge in [-0.1, -0.05) is 12.8 Å². The second-order valence-corrected chi connectivity index (χ2v) is 9.21. The highest BCUT2D eigenvalue weighted by molar-refractivity contribution is 5.80. The summed E-state index contributed by atoms with van der Waals surface area (Å²) in [6.07, 6.45) is 9.34. The Morgan fingerprint density at radius 2 is 2.03 bits per heavy atom. The van der Waals surface area contributed by atoms with Gasteiger partial charge in [0.1, 0.15) is 12.4 Å². The van der Waals surface area contributed by atoms with E-state index in [4.69, 9.17) is 14.5 Å². The average Bonchev–Trinajstić information content (AvgIpc) is 3.50. The van der Waals surface area contributed by atoms with Crippen molar-refractivity contribution in [3.05, 3.63) is 11.6 Å². The van der Waals surface area contributed by atoms with Gasteiger partial charge in [0, 0.05) is 44.2 Å². The zero-order chi connectivity index (χ0) is 19.8. The summed E-state index contributed by atoms with van der Waals surface area (Å²) in [5.41, 5.74) is 0.300. The number of nitrogens with zero attached hydrogens (tertiary/aromatic N) is 4. The number of aliphatic imine (C=N–C) groups is 1. The lowest BCUT2D eigenvalue weighted by atomic mass is 9.54. The first-order valence-electron chi connectivity index (χ1n) is 11.3. The molecule has 160 valence electrons. The topological polar surface area (TPSA) is 85.6 Å². The van der Waals surface area contributed by atoms with Crippen LogP contribution in [0.25, 0.3) is 0 Å². The Balaban J connectivity index is 1.31. The van der Waals surface area contributed by atoms with E-state index in [1.165, 1.54) is 25.7 Å². The molecule has 2 aliphatic heterocycles. The van der Waals surface area contributed by atoms with Crippen LogP contribution in [0.2, 0.25) is 0 Å². The SMILES string of the molecule is Cc1nnc(CN=C(NCC2CCCO2)NC2C3CCOC3C23CCCC3)n1C. The second kappa shape index (κ2) is 7.87. The maximum Gasteiger partial charge on any atom is 0.192 e. The molecule has 4 unspecified atom stereocenters. The molecule has 29 heavy (non-hydrogen) atoms. The van der Waals surface area contributed by atoms with E-state index < -0.39 is 0 Å². The molecule has 2 aliphatic carbocycles. The third-order valence-electron chi connectivity index (χ3n) is 7.66. The largest absolute Gasteiger partial charge is 0.377 e. The van der Waals surface area contributed by atoms with Crippen LogP contribution in [0, 0.1) is 18.3 Å². The van der Waals surface area contributed by atoms with Gasteiger partial charge in [-0.05, 0) is 39.0 Å². The average molecular weight is 403 g/mol. The van der Waals surface area contributed by atoms with Crippen LogP contribution in [0.1, 0.15) is 56.6 Å². The van der Waals surface area contributed by atoms with E-state index in [1.54, 1.807) is 0 Å². The predicted octanol–water partition coefficient (Wildman–Crippen LogP) is 1.69. The van der Waals surface area contributed by atoms with Crippen LogP contribution >= 0.6 is 0 Å². The van der Waals surface area contributed by atoms with Crippen molar-refractivity contribution >= 4 is 5.96 Å². The molecule has 1 spiro atoms. The minimum Gasteiger partial charge on any atom is -0.377 e. The standard InChI is InChI=1S/C21H34N6O2/c1-14-25-26-17(27(14)2)13-23-20(22-12-15-6-5-10-28-15)24-18-16-7-11-29-19(16)21(18)8-3-4-9-21/h15-16,18-19H,3-13H2,1-2H3,(H2,22,23,24). The van der Waals surface area contributed by atoms with Gasteiger partial charge in [-0.3, -0.25) is 0 Å². The van der Waals surface area contributed by atoms with E-state index in [0.717, 1.165) is 56.6 Å². The Kier molecular flexibility index (Phi) is 5.24. The summed E-state index contributed by atoms with van der Waals surface area (Å²) in [5.74, 6) is 3.28. The second-order valence-electron chi connectivity index (χ2n) is 9.21. The molecule has 5 rings (SSSR count). The fourth-order valence-electron chi connectivity index (χ4n) is 5.96. The molecule has 1 aromatic heterocycles. The van der Waals surface area contributed by atoms with E-state index in [2.05, 4.69) is 20.8 Å². The number of ether oxygens (including phenoxy) is 2. The minimum atomic E-state index is 0.281. The molecule has 8 heteroatoms. The molecule has 4 fully saturated rings. The number of fused-ring (bicyclic) bond motifs is 2. The summed E-state index contributed by atoms with van der Waals surface area (Å²) in [5, 5.41) is 15.8. The number of hydrogen-bond donors (Lipinski definition) is 2. The molecule has 2 saturated carbocycles. The lowest BCUT2D eigenvalue weighted by molar-refractivity contribution is -0.125. The highest BCUT2D eigenvalue weighted by atomic mass is 16.5. The fraction of sp³-hybridized carbons (Fsp3) is 0.857. The molecular weight excluding hydrogens is 368 g/mol. The fourth-order valence-corrected chi connectivity index (χ4v) is 5.96. The van der Waals surface area contributed by atoms with Crippen molar-refractivity contribution < 1.29 is 9.47 Å². The first-order valence-corrected chi connectivity index (χ1v) is 11.3. The van der Waals surface area contributed by atoms with Crippen molar-refractivity contribution in [3.63, 3.8) is 0 Å². The molecule has 2 N–H and O–H groups in total. The summed E-state index contributed by atoms with van der Waals surface area (Å²) in [4.78, 5) is 4.89. The van der Waals surface area contributed by atoms with Crippen LogP contribution < -0.4 is 10.6 Å². The van der Waals surface area contributed by atoms with Gasteiger partial charge < -0.3 is 24.7 Å². The summed E-state index contributed by atoms with van der Waals surface area (Å²) >= 11 is 0. The predicted molar refractivity (Wildman–Crippen MR) is 110 cm³/mol. The maximum absolute atomic E-state index is 6.15. The van der Waals surface area contributed by atoms with Crippen LogP contribution in [0.3, 0.4) is 0 Å². The van der Waals surface area contributed by atoms with E-state index in [-0.39, 0.29) is 6.10 Å². The number of nitrogens with one attached hydrogen (secondary N) is 2. The van der Waals surface area contributed by atoms with Crippen molar-refractivity contribution in [2.24, 2.45) is 23.4 Å². The molecule has 1 aromatic rings.